The number of aromatic nitrogens is 4. The fourth-order valence-electron chi connectivity index (χ4n) is 2.72. The summed E-state index contributed by atoms with van der Waals surface area (Å²) in [5.74, 6) is 0.294. The van der Waals surface area contributed by atoms with Crippen LogP contribution in [0.3, 0.4) is 0 Å². The minimum atomic E-state index is -0.424. The third kappa shape index (κ3) is 3.36. The van der Waals surface area contributed by atoms with Crippen LogP contribution in [0.15, 0.2) is 30.6 Å². The van der Waals surface area contributed by atoms with E-state index < -0.39 is 5.95 Å². The van der Waals surface area contributed by atoms with Gasteiger partial charge in [-0.3, -0.25) is 4.90 Å². The minimum Gasteiger partial charge on any atom is -0.351 e. The second kappa shape index (κ2) is 6.17. The van der Waals surface area contributed by atoms with Gasteiger partial charge in [0.05, 0.1) is 18.9 Å². The molecule has 0 aliphatic carbocycles. The maximum atomic E-state index is 13.2. The Morgan fingerprint density at radius 1 is 1.19 bits per heavy atom. The monoisotopic (exact) mass is 290 g/mol. The van der Waals surface area contributed by atoms with Crippen molar-refractivity contribution in [3.05, 3.63) is 36.5 Å². The van der Waals surface area contributed by atoms with Crippen molar-refractivity contribution in [2.45, 2.75) is 19.5 Å². The largest absolute Gasteiger partial charge is 0.351 e. The predicted octanol–water partition coefficient (Wildman–Crippen LogP) is 1.02. The van der Waals surface area contributed by atoms with Crippen molar-refractivity contribution in [3.8, 4) is 0 Å². The molecule has 1 aliphatic rings. The van der Waals surface area contributed by atoms with E-state index >= 15 is 0 Å². The van der Waals surface area contributed by atoms with Crippen molar-refractivity contribution in [1.82, 2.24) is 24.9 Å². The fourth-order valence-corrected chi connectivity index (χ4v) is 2.72. The van der Waals surface area contributed by atoms with E-state index in [1.165, 1.54) is 6.07 Å². The van der Waals surface area contributed by atoms with Crippen LogP contribution in [0, 0.1) is 5.95 Å². The number of rotatable bonds is 4. The molecule has 0 spiro atoms. The smallest absolute Gasteiger partial charge is 0.214 e. The van der Waals surface area contributed by atoms with Crippen LogP contribution in [0.25, 0.3) is 0 Å². The first-order valence-corrected chi connectivity index (χ1v) is 7.18. The number of halogens is 1. The molecular formula is C14H19FN6. The van der Waals surface area contributed by atoms with Gasteiger partial charge in [-0.2, -0.15) is 19.4 Å². The van der Waals surface area contributed by atoms with Gasteiger partial charge in [-0.15, -0.1) is 0 Å². The Hall–Kier alpha value is -2.02. The summed E-state index contributed by atoms with van der Waals surface area (Å²) in [5.41, 5.74) is 0. The Kier molecular flexibility index (Phi) is 4.10. The second-order valence-electron chi connectivity index (χ2n) is 5.29. The highest BCUT2D eigenvalue weighted by atomic mass is 19.1. The molecule has 0 radical (unpaired) electrons. The maximum Gasteiger partial charge on any atom is 0.214 e. The summed E-state index contributed by atoms with van der Waals surface area (Å²) in [6.07, 6.45) is 3.38. The molecule has 1 aliphatic heterocycles. The molecule has 6 nitrogen and oxygen atoms in total. The molecule has 3 rings (SSSR count). The van der Waals surface area contributed by atoms with Gasteiger partial charge in [-0.05, 0) is 19.1 Å². The molecule has 0 N–H and O–H groups in total. The third-order valence-corrected chi connectivity index (χ3v) is 3.79. The number of anilines is 1. The van der Waals surface area contributed by atoms with Crippen LogP contribution in [0.1, 0.15) is 6.92 Å². The first kappa shape index (κ1) is 13.9. The van der Waals surface area contributed by atoms with Gasteiger partial charge in [0.2, 0.25) is 5.95 Å². The van der Waals surface area contributed by atoms with Crippen LogP contribution in [-0.4, -0.2) is 57.1 Å². The summed E-state index contributed by atoms with van der Waals surface area (Å²) in [6.45, 7) is 6.57. The molecule has 1 unspecified atom stereocenters. The van der Waals surface area contributed by atoms with Gasteiger partial charge in [0.1, 0.15) is 5.82 Å². The van der Waals surface area contributed by atoms with E-state index in [0.29, 0.717) is 6.04 Å². The molecule has 1 fully saturated rings. The van der Waals surface area contributed by atoms with Crippen molar-refractivity contribution in [2.24, 2.45) is 0 Å². The van der Waals surface area contributed by atoms with Gasteiger partial charge >= 0.3 is 0 Å². The van der Waals surface area contributed by atoms with E-state index in [1.54, 1.807) is 23.3 Å². The SMILES string of the molecule is CC1CN(CCn2nccn2)CCN1c1cccc(F)n1. The van der Waals surface area contributed by atoms with E-state index in [-0.39, 0.29) is 0 Å². The summed E-state index contributed by atoms with van der Waals surface area (Å²) in [6, 6.07) is 5.25. The van der Waals surface area contributed by atoms with E-state index in [1.807, 2.05) is 6.07 Å². The molecule has 3 heterocycles. The predicted molar refractivity (Wildman–Crippen MR) is 77.5 cm³/mol. The summed E-state index contributed by atoms with van der Waals surface area (Å²) in [4.78, 5) is 10.2. The lowest BCUT2D eigenvalue weighted by molar-refractivity contribution is 0.213. The Labute approximate surface area is 123 Å². The number of hydrogen-bond acceptors (Lipinski definition) is 5. The van der Waals surface area contributed by atoms with Gasteiger partial charge in [-0.1, -0.05) is 6.07 Å². The van der Waals surface area contributed by atoms with Crippen molar-refractivity contribution in [1.29, 1.82) is 0 Å². The van der Waals surface area contributed by atoms with Gasteiger partial charge in [0.15, 0.2) is 0 Å². The quantitative estimate of drug-likeness (QED) is 0.787. The highest BCUT2D eigenvalue weighted by molar-refractivity contribution is 5.40. The molecule has 112 valence electrons. The molecule has 1 saturated heterocycles. The van der Waals surface area contributed by atoms with Crippen LogP contribution in [0.2, 0.25) is 0 Å². The summed E-state index contributed by atoms with van der Waals surface area (Å²) >= 11 is 0. The van der Waals surface area contributed by atoms with Crippen LogP contribution in [-0.2, 0) is 6.54 Å². The van der Waals surface area contributed by atoms with Gasteiger partial charge in [0, 0.05) is 32.2 Å². The Morgan fingerprint density at radius 3 is 2.71 bits per heavy atom. The first-order valence-electron chi connectivity index (χ1n) is 7.18. The van der Waals surface area contributed by atoms with Crippen molar-refractivity contribution < 1.29 is 4.39 Å². The Balaban J connectivity index is 1.56. The van der Waals surface area contributed by atoms with E-state index in [0.717, 1.165) is 38.5 Å². The molecule has 21 heavy (non-hydrogen) atoms. The highest BCUT2D eigenvalue weighted by Crippen LogP contribution is 2.18. The van der Waals surface area contributed by atoms with E-state index in [2.05, 4.69) is 31.9 Å². The standard InChI is InChI=1S/C14H19FN6/c1-12-11-19(8-10-21-16-5-6-17-21)7-9-20(12)14-4-2-3-13(15)18-14/h2-6,12H,7-11H2,1H3. The lowest BCUT2D eigenvalue weighted by Crippen LogP contribution is -2.52. The molecule has 2 aromatic heterocycles. The van der Waals surface area contributed by atoms with Gasteiger partial charge in [-0.25, -0.2) is 4.98 Å². The minimum absolute atomic E-state index is 0.304. The van der Waals surface area contributed by atoms with E-state index in [9.17, 15) is 4.39 Å². The average Bonchev–Trinajstić information content (AvgIpc) is 2.98. The number of pyridine rings is 1. The normalized spacial score (nSPS) is 19.9. The zero-order chi connectivity index (χ0) is 14.7. The van der Waals surface area contributed by atoms with Gasteiger partial charge in [0.25, 0.3) is 0 Å². The summed E-state index contributed by atoms with van der Waals surface area (Å²) < 4.78 is 13.2. The topological polar surface area (TPSA) is 50.1 Å². The number of hydrogen-bond donors (Lipinski definition) is 0. The third-order valence-electron chi connectivity index (χ3n) is 3.79. The molecule has 0 bridgehead atoms. The average molecular weight is 290 g/mol. The van der Waals surface area contributed by atoms with Crippen LogP contribution in [0.4, 0.5) is 10.2 Å². The maximum absolute atomic E-state index is 13.2. The zero-order valence-electron chi connectivity index (χ0n) is 12.1. The van der Waals surface area contributed by atoms with Crippen LogP contribution >= 0.6 is 0 Å². The summed E-state index contributed by atoms with van der Waals surface area (Å²) in [5, 5.41) is 8.22. The Bertz CT molecular complexity index is 573. The van der Waals surface area contributed by atoms with Crippen molar-refractivity contribution >= 4 is 5.82 Å². The lowest BCUT2D eigenvalue weighted by atomic mass is 10.2. The molecule has 1 atom stereocenters. The van der Waals surface area contributed by atoms with Gasteiger partial charge < -0.3 is 4.90 Å². The fraction of sp³-hybridized carbons (Fsp3) is 0.500. The molecule has 7 heteroatoms. The van der Waals surface area contributed by atoms with E-state index in [4.69, 9.17) is 0 Å². The first-order chi connectivity index (χ1) is 10.2. The lowest BCUT2D eigenvalue weighted by Gasteiger charge is -2.40. The van der Waals surface area contributed by atoms with Crippen molar-refractivity contribution in [3.63, 3.8) is 0 Å². The van der Waals surface area contributed by atoms with Crippen molar-refractivity contribution in [2.75, 3.05) is 31.1 Å². The number of nitrogens with zero attached hydrogens (tertiary/aromatic N) is 6. The molecule has 0 saturated carbocycles. The molecular weight excluding hydrogens is 271 g/mol. The second-order valence-corrected chi connectivity index (χ2v) is 5.29. The highest BCUT2D eigenvalue weighted by Gasteiger charge is 2.24. The van der Waals surface area contributed by atoms with Crippen LogP contribution < -0.4 is 4.90 Å². The molecule has 0 aromatic carbocycles. The molecule has 2 aromatic rings. The Morgan fingerprint density at radius 2 is 2.00 bits per heavy atom. The summed E-state index contributed by atoms with van der Waals surface area (Å²) in [7, 11) is 0. The number of piperazine rings is 1. The molecule has 0 amide bonds. The zero-order valence-corrected chi connectivity index (χ0v) is 12.1. The van der Waals surface area contributed by atoms with Crippen LogP contribution in [0.5, 0.6) is 0 Å².